The zero-order valence-corrected chi connectivity index (χ0v) is 13.4. The Balaban J connectivity index is 2.17. The number of nitrogens with zero attached hydrogens (tertiary/aromatic N) is 2. The third-order valence-corrected chi connectivity index (χ3v) is 4.52. The number of aliphatic imine (C=N–C) groups is 1. The second-order valence-corrected chi connectivity index (χ2v) is 5.85. The Labute approximate surface area is 125 Å². The molecule has 0 aromatic rings. The summed E-state index contributed by atoms with van der Waals surface area (Å²) in [6.45, 7) is 7.61. The van der Waals surface area contributed by atoms with Crippen molar-refractivity contribution in [2.45, 2.75) is 65.0 Å². The smallest absolute Gasteiger partial charge is 0.182 e. The van der Waals surface area contributed by atoms with E-state index in [1.165, 1.54) is 38.5 Å². The Morgan fingerprint density at radius 1 is 1.20 bits per heavy atom. The predicted molar refractivity (Wildman–Crippen MR) is 87.0 cm³/mol. The average molecular weight is 281 g/mol. The van der Waals surface area contributed by atoms with Gasteiger partial charge < -0.3 is 5.11 Å². The Kier molecular flexibility index (Phi) is 8.79. The van der Waals surface area contributed by atoms with Crippen molar-refractivity contribution in [3.8, 4) is 0 Å². The second-order valence-electron chi connectivity index (χ2n) is 5.85. The molecule has 0 saturated carbocycles. The van der Waals surface area contributed by atoms with Crippen LogP contribution in [0.25, 0.3) is 0 Å². The SMILES string of the molecule is CC/C=C/CCCCCCC1N=CC[N+]1(CC)CCO. The van der Waals surface area contributed by atoms with E-state index in [4.69, 9.17) is 0 Å². The largest absolute Gasteiger partial charge is 0.391 e. The molecule has 0 spiro atoms. The van der Waals surface area contributed by atoms with Gasteiger partial charge >= 0.3 is 0 Å². The van der Waals surface area contributed by atoms with E-state index < -0.39 is 0 Å². The van der Waals surface area contributed by atoms with Gasteiger partial charge in [-0.15, -0.1) is 0 Å². The molecule has 116 valence electrons. The molecule has 0 fully saturated rings. The predicted octanol–water partition coefficient (Wildman–Crippen LogP) is 3.53. The first-order valence-corrected chi connectivity index (χ1v) is 8.42. The van der Waals surface area contributed by atoms with Gasteiger partial charge in [0.25, 0.3) is 0 Å². The van der Waals surface area contributed by atoms with Crippen molar-refractivity contribution < 1.29 is 9.59 Å². The van der Waals surface area contributed by atoms with Crippen molar-refractivity contribution in [2.24, 2.45) is 4.99 Å². The molecule has 0 aromatic carbocycles. The van der Waals surface area contributed by atoms with Gasteiger partial charge in [0, 0.05) is 6.42 Å². The van der Waals surface area contributed by atoms with Crippen LogP contribution in [0.2, 0.25) is 0 Å². The molecule has 1 aliphatic heterocycles. The van der Waals surface area contributed by atoms with E-state index >= 15 is 0 Å². The Morgan fingerprint density at radius 2 is 2.00 bits per heavy atom. The summed E-state index contributed by atoms with van der Waals surface area (Å²) in [7, 11) is 0. The van der Waals surface area contributed by atoms with Gasteiger partial charge in [-0.3, -0.25) is 4.48 Å². The van der Waals surface area contributed by atoms with Crippen molar-refractivity contribution in [3.63, 3.8) is 0 Å². The van der Waals surface area contributed by atoms with Crippen LogP contribution in [0.3, 0.4) is 0 Å². The third kappa shape index (κ3) is 5.37. The zero-order valence-electron chi connectivity index (χ0n) is 13.4. The average Bonchev–Trinajstić information content (AvgIpc) is 2.86. The minimum Gasteiger partial charge on any atom is -0.391 e. The summed E-state index contributed by atoms with van der Waals surface area (Å²) in [6, 6.07) is 0. The quantitative estimate of drug-likeness (QED) is 0.351. The molecule has 20 heavy (non-hydrogen) atoms. The molecular weight excluding hydrogens is 248 g/mol. The van der Waals surface area contributed by atoms with E-state index in [9.17, 15) is 5.11 Å². The molecular formula is C17H33N2O+. The number of quaternary nitrogens is 1. The van der Waals surface area contributed by atoms with Crippen LogP contribution in [0.5, 0.6) is 0 Å². The van der Waals surface area contributed by atoms with Crippen LogP contribution in [-0.2, 0) is 0 Å². The maximum atomic E-state index is 9.28. The molecule has 0 amide bonds. The molecule has 2 atom stereocenters. The lowest BCUT2D eigenvalue weighted by Gasteiger charge is -2.37. The van der Waals surface area contributed by atoms with E-state index in [-0.39, 0.29) is 6.61 Å². The first-order valence-electron chi connectivity index (χ1n) is 8.42. The van der Waals surface area contributed by atoms with Gasteiger partial charge in [-0.25, -0.2) is 4.99 Å². The Bertz CT molecular complexity index is 301. The molecule has 0 aromatic heterocycles. The summed E-state index contributed by atoms with van der Waals surface area (Å²) in [5.74, 6) is 0. The molecule has 1 aliphatic rings. The molecule has 3 heteroatoms. The number of allylic oxidation sites excluding steroid dienone is 2. The highest BCUT2D eigenvalue weighted by atomic mass is 16.3. The van der Waals surface area contributed by atoms with E-state index in [1.807, 2.05) is 0 Å². The monoisotopic (exact) mass is 281 g/mol. The number of likely N-dealkylation sites (N-methyl/N-ethyl adjacent to an activating group) is 1. The van der Waals surface area contributed by atoms with Gasteiger partial charge in [0.15, 0.2) is 6.17 Å². The summed E-state index contributed by atoms with van der Waals surface area (Å²) < 4.78 is 0.968. The topological polar surface area (TPSA) is 32.6 Å². The van der Waals surface area contributed by atoms with Crippen LogP contribution >= 0.6 is 0 Å². The lowest BCUT2D eigenvalue weighted by Crippen LogP contribution is -2.53. The van der Waals surface area contributed by atoms with Gasteiger partial charge in [-0.1, -0.05) is 31.9 Å². The first-order chi connectivity index (χ1) is 9.79. The van der Waals surface area contributed by atoms with Gasteiger partial charge in [0.2, 0.25) is 0 Å². The van der Waals surface area contributed by atoms with Crippen LogP contribution in [0.15, 0.2) is 17.1 Å². The fraction of sp³-hybridized carbons (Fsp3) is 0.824. The Morgan fingerprint density at radius 3 is 2.70 bits per heavy atom. The van der Waals surface area contributed by atoms with Gasteiger partial charge in [0.05, 0.1) is 19.4 Å². The molecule has 1 N–H and O–H groups in total. The van der Waals surface area contributed by atoms with E-state index in [1.54, 1.807) is 0 Å². The second kappa shape index (κ2) is 10.1. The van der Waals surface area contributed by atoms with E-state index in [0.717, 1.165) is 30.5 Å². The molecule has 1 heterocycles. The van der Waals surface area contributed by atoms with Gasteiger partial charge in [-0.2, -0.15) is 0 Å². The van der Waals surface area contributed by atoms with Crippen molar-refractivity contribution in [2.75, 3.05) is 26.2 Å². The summed E-state index contributed by atoms with van der Waals surface area (Å²) in [6.07, 6.45) is 15.8. The number of aliphatic hydroxyl groups excluding tert-OH is 1. The molecule has 3 nitrogen and oxygen atoms in total. The van der Waals surface area contributed by atoms with E-state index in [0.29, 0.717) is 6.17 Å². The van der Waals surface area contributed by atoms with E-state index in [2.05, 4.69) is 37.2 Å². The van der Waals surface area contributed by atoms with Crippen molar-refractivity contribution >= 4 is 6.21 Å². The number of aliphatic hydroxyl groups is 1. The molecule has 1 rings (SSSR count). The third-order valence-electron chi connectivity index (χ3n) is 4.52. The zero-order chi connectivity index (χ0) is 14.7. The standard InChI is InChI=1S/C17H33N2O/c1-3-5-6-7-8-9-10-11-12-17-18-13-14-19(17,4-2)15-16-20/h5-6,13,17,20H,3-4,7-12,14-16H2,1-2H3/q+1/b6-5+. The molecule has 0 aliphatic carbocycles. The maximum absolute atomic E-state index is 9.28. The molecule has 0 bridgehead atoms. The summed E-state index contributed by atoms with van der Waals surface area (Å²) in [5, 5.41) is 9.28. The number of hydrogen-bond acceptors (Lipinski definition) is 2. The van der Waals surface area contributed by atoms with Crippen molar-refractivity contribution in [3.05, 3.63) is 12.2 Å². The Hall–Kier alpha value is -0.670. The van der Waals surface area contributed by atoms with Gasteiger partial charge in [0.1, 0.15) is 13.1 Å². The fourth-order valence-electron chi connectivity index (χ4n) is 3.11. The molecule has 0 radical (unpaired) electrons. The fourth-order valence-corrected chi connectivity index (χ4v) is 3.11. The van der Waals surface area contributed by atoms with Gasteiger partial charge in [-0.05, 0) is 32.6 Å². The van der Waals surface area contributed by atoms with Crippen LogP contribution in [0.1, 0.15) is 58.8 Å². The normalized spacial score (nSPS) is 25.9. The lowest BCUT2D eigenvalue weighted by atomic mass is 10.1. The first kappa shape index (κ1) is 17.4. The maximum Gasteiger partial charge on any atom is 0.182 e. The number of unbranched alkanes of at least 4 members (excludes halogenated alkanes) is 4. The summed E-state index contributed by atoms with van der Waals surface area (Å²) in [4.78, 5) is 4.66. The van der Waals surface area contributed by atoms with Crippen molar-refractivity contribution in [1.29, 1.82) is 0 Å². The van der Waals surface area contributed by atoms with Crippen LogP contribution in [0.4, 0.5) is 0 Å². The highest BCUT2D eigenvalue weighted by molar-refractivity contribution is 5.60. The highest BCUT2D eigenvalue weighted by Gasteiger charge is 2.36. The van der Waals surface area contributed by atoms with Crippen molar-refractivity contribution in [1.82, 2.24) is 0 Å². The minimum absolute atomic E-state index is 0.275. The highest BCUT2D eigenvalue weighted by Crippen LogP contribution is 2.23. The number of hydrogen-bond donors (Lipinski definition) is 1. The lowest BCUT2D eigenvalue weighted by molar-refractivity contribution is -0.936. The summed E-state index contributed by atoms with van der Waals surface area (Å²) in [5.41, 5.74) is 0. The number of rotatable bonds is 11. The molecule has 0 saturated heterocycles. The summed E-state index contributed by atoms with van der Waals surface area (Å²) >= 11 is 0. The minimum atomic E-state index is 0.275. The van der Waals surface area contributed by atoms with Crippen LogP contribution < -0.4 is 0 Å². The molecule has 2 unspecified atom stereocenters. The van der Waals surface area contributed by atoms with Crippen LogP contribution in [0, 0.1) is 0 Å². The van der Waals surface area contributed by atoms with Crippen LogP contribution in [-0.4, -0.2) is 48.2 Å².